The molecule has 0 saturated carbocycles. The smallest absolute Gasteiger partial charge is 0.338 e. The minimum atomic E-state index is -0.731. The van der Waals surface area contributed by atoms with E-state index in [-0.39, 0.29) is 6.04 Å². The Morgan fingerprint density at radius 1 is 0.795 bits per heavy atom. The molecule has 0 bridgehead atoms. The van der Waals surface area contributed by atoms with Gasteiger partial charge < -0.3 is 14.8 Å². The van der Waals surface area contributed by atoms with Gasteiger partial charge in [-0.25, -0.2) is 9.59 Å². The van der Waals surface area contributed by atoms with Gasteiger partial charge in [0.2, 0.25) is 0 Å². The van der Waals surface area contributed by atoms with Crippen molar-refractivity contribution in [2.45, 2.75) is 39.0 Å². The Balaban J connectivity index is 1.35. The number of rotatable bonds is 8. The molecule has 0 aliphatic carbocycles. The second-order valence-corrected chi connectivity index (χ2v) is 11.2. The van der Waals surface area contributed by atoms with Gasteiger partial charge in [0.1, 0.15) is 0 Å². The summed E-state index contributed by atoms with van der Waals surface area (Å²) in [6.45, 7) is 8.60. The predicted octanol–water partition coefficient (Wildman–Crippen LogP) is 5.37. The molecule has 3 aromatic carbocycles. The fourth-order valence-corrected chi connectivity index (χ4v) is 6.37. The lowest BCUT2D eigenvalue weighted by Gasteiger charge is -2.41. The Hall–Kier alpha value is -4.64. The monoisotopic (exact) mass is 589 g/mol. The van der Waals surface area contributed by atoms with E-state index < -0.39 is 24.1 Å². The van der Waals surface area contributed by atoms with Crippen molar-refractivity contribution in [1.82, 2.24) is 15.1 Å². The van der Waals surface area contributed by atoms with Crippen LogP contribution in [0.2, 0.25) is 0 Å². The third kappa shape index (κ3) is 6.33. The zero-order chi connectivity index (χ0) is 31.2. The molecular formula is C37H39N3O4. The van der Waals surface area contributed by atoms with E-state index in [1.165, 1.54) is 18.2 Å². The predicted molar refractivity (Wildman–Crippen MR) is 171 cm³/mol. The maximum Gasteiger partial charge on any atom is 0.338 e. The quantitative estimate of drug-likeness (QED) is 0.280. The Morgan fingerprint density at radius 3 is 1.84 bits per heavy atom. The van der Waals surface area contributed by atoms with Crippen molar-refractivity contribution in [3.63, 3.8) is 0 Å². The molecule has 0 spiro atoms. The first-order chi connectivity index (χ1) is 21.3. The van der Waals surface area contributed by atoms with E-state index in [2.05, 4.69) is 69.6 Å². The third-order valence-corrected chi connectivity index (χ3v) is 8.55. The van der Waals surface area contributed by atoms with E-state index >= 15 is 0 Å². The molecule has 2 aliphatic heterocycles. The lowest BCUT2D eigenvalue weighted by molar-refractivity contribution is -0.155. The average Bonchev–Trinajstić information content (AvgIpc) is 3.05. The van der Waals surface area contributed by atoms with Crippen molar-refractivity contribution in [2.24, 2.45) is 0 Å². The number of allylic oxidation sites excluding steroid dienone is 2. The molecule has 226 valence electrons. The molecule has 2 heterocycles. The molecule has 1 saturated heterocycles. The van der Waals surface area contributed by atoms with Gasteiger partial charge in [-0.1, -0.05) is 84.8 Å². The molecule has 44 heavy (non-hydrogen) atoms. The molecule has 7 nitrogen and oxygen atoms in total. The van der Waals surface area contributed by atoms with Crippen molar-refractivity contribution >= 4 is 11.9 Å². The maximum atomic E-state index is 14.0. The van der Waals surface area contributed by atoms with Gasteiger partial charge in [0, 0.05) is 43.1 Å². The third-order valence-electron chi connectivity index (χ3n) is 8.55. The number of dihydropyridines is 1. The van der Waals surface area contributed by atoms with E-state index in [4.69, 9.17) is 15.9 Å². The number of esters is 2. The zero-order valence-electron chi connectivity index (χ0n) is 25.7. The van der Waals surface area contributed by atoms with Crippen LogP contribution < -0.4 is 5.32 Å². The summed E-state index contributed by atoms with van der Waals surface area (Å²) in [6.07, 6.45) is 5.37. The number of terminal acetylenes is 1. The normalized spacial score (nSPS) is 18.4. The number of carbonyl (C=O) groups excluding carboxylic acids is 2. The second-order valence-electron chi connectivity index (χ2n) is 11.2. The van der Waals surface area contributed by atoms with Crippen LogP contribution in [0.4, 0.5) is 0 Å². The fourth-order valence-electron chi connectivity index (χ4n) is 6.37. The maximum absolute atomic E-state index is 14.0. The summed E-state index contributed by atoms with van der Waals surface area (Å²) in [4.78, 5) is 31.7. The summed E-state index contributed by atoms with van der Waals surface area (Å²) >= 11 is 0. The Labute approximate surface area is 260 Å². The van der Waals surface area contributed by atoms with Gasteiger partial charge in [-0.2, -0.15) is 0 Å². The first-order valence-electron chi connectivity index (χ1n) is 14.9. The highest BCUT2D eigenvalue weighted by molar-refractivity contribution is 6.00. The molecular weight excluding hydrogens is 550 g/mol. The molecule has 0 amide bonds. The Bertz CT molecular complexity index is 1560. The van der Waals surface area contributed by atoms with Gasteiger partial charge in [0.25, 0.3) is 0 Å². The van der Waals surface area contributed by atoms with E-state index in [0.717, 1.165) is 26.2 Å². The van der Waals surface area contributed by atoms with Crippen LogP contribution in [0.25, 0.3) is 0 Å². The topological polar surface area (TPSA) is 71.1 Å². The second kappa shape index (κ2) is 13.8. The van der Waals surface area contributed by atoms with Crippen molar-refractivity contribution in [3.8, 4) is 12.3 Å². The number of carbonyl (C=O) groups is 2. The van der Waals surface area contributed by atoms with Crippen molar-refractivity contribution in [3.05, 3.63) is 130 Å². The number of nitrogens with one attached hydrogen (secondary N) is 1. The lowest BCUT2D eigenvalue weighted by atomic mass is 9.78. The highest BCUT2D eigenvalue weighted by Gasteiger charge is 2.39. The molecule has 1 N–H and O–H groups in total. The fraction of sp³-hybridized carbons (Fsp3) is 0.297. The summed E-state index contributed by atoms with van der Waals surface area (Å²) in [6, 6.07) is 28.6. The molecule has 7 heteroatoms. The van der Waals surface area contributed by atoms with Crippen LogP contribution in [0, 0.1) is 12.3 Å². The van der Waals surface area contributed by atoms with E-state index in [9.17, 15) is 9.59 Å². The molecule has 2 atom stereocenters. The average molecular weight is 590 g/mol. The standard InChI is InChI=1S/C37H39N3O4/c1-6-28-15-13-14-20-31(28)34-32(36(41)43-5)25(2)38-26(3)33(34)37(42)44-27(4)39-21-23-40(24-22-39)35(29-16-9-7-10-17-29)30-18-11-8-12-19-30/h1,7-20,27,34-35,38H,21-24H2,2-5H3. The van der Waals surface area contributed by atoms with Gasteiger partial charge in [-0.3, -0.25) is 9.80 Å². The number of ether oxygens (including phenoxy) is 2. The molecule has 5 rings (SSSR count). The van der Waals surface area contributed by atoms with Crippen molar-refractivity contribution in [1.29, 1.82) is 0 Å². The van der Waals surface area contributed by atoms with Crippen LogP contribution in [-0.4, -0.2) is 61.3 Å². The van der Waals surface area contributed by atoms with Crippen LogP contribution in [0.1, 0.15) is 55.0 Å². The summed E-state index contributed by atoms with van der Waals surface area (Å²) in [5.41, 5.74) is 5.68. The zero-order valence-corrected chi connectivity index (χ0v) is 25.7. The minimum absolute atomic E-state index is 0.141. The van der Waals surface area contributed by atoms with Crippen LogP contribution in [0.15, 0.2) is 107 Å². The molecule has 2 unspecified atom stereocenters. The molecule has 0 radical (unpaired) electrons. The SMILES string of the molecule is C#Cc1ccccc1C1C(C(=O)OC)=C(C)NC(C)=C1C(=O)OC(C)N1CCN(C(c2ccccc2)c2ccccc2)CC1. The Morgan fingerprint density at radius 2 is 1.30 bits per heavy atom. The summed E-state index contributed by atoms with van der Waals surface area (Å²) in [5, 5.41) is 3.20. The lowest BCUT2D eigenvalue weighted by Crippen LogP contribution is -2.51. The van der Waals surface area contributed by atoms with Crippen molar-refractivity contribution in [2.75, 3.05) is 33.3 Å². The van der Waals surface area contributed by atoms with E-state index in [1.54, 1.807) is 13.0 Å². The van der Waals surface area contributed by atoms with Gasteiger partial charge in [-0.15, -0.1) is 6.42 Å². The van der Waals surface area contributed by atoms with E-state index in [0.29, 0.717) is 33.7 Å². The molecule has 0 aromatic heterocycles. The summed E-state index contributed by atoms with van der Waals surface area (Å²) in [5.74, 6) is 0.949. The van der Waals surface area contributed by atoms with Gasteiger partial charge in [0.15, 0.2) is 6.23 Å². The minimum Gasteiger partial charge on any atom is -0.466 e. The highest BCUT2D eigenvalue weighted by atomic mass is 16.6. The van der Waals surface area contributed by atoms with E-state index in [1.807, 2.05) is 44.2 Å². The van der Waals surface area contributed by atoms with Crippen molar-refractivity contribution < 1.29 is 19.1 Å². The van der Waals surface area contributed by atoms with Crippen LogP contribution >= 0.6 is 0 Å². The molecule has 1 fully saturated rings. The van der Waals surface area contributed by atoms with Gasteiger partial charge >= 0.3 is 11.9 Å². The number of benzene rings is 3. The molecule has 2 aliphatic rings. The van der Waals surface area contributed by atoms with Gasteiger partial charge in [-0.05, 0) is 43.5 Å². The Kier molecular flexibility index (Phi) is 9.64. The van der Waals surface area contributed by atoms with Crippen LogP contribution in [0.3, 0.4) is 0 Å². The number of nitrogens with zero attached hydrogens (tertiary/aromatic N) is 2. The number of methoxy groups -OCH3 is 1. The first kappa shape index (κ1) is 30.8. The highest BCUT2D eigenvalue weighted by Crippen LogP contribution is 2.40. The largest absolute Gasteiger partial charge is 0.466 e. The number of hydrogen-bond donors (Lipinski definition) is 1. The summed E-state index contributed by atoms with van der Waals surface area (Å²) in [7, 11) is 1.33. The summed E-state index contributed by atoms with van der Waals surface area (Å²) < 4.78 is 11.3. The number of hydrogen-bond acceptors (Lipinski definition) is 7. The number of piperazine rings is 1. The first-order valence-corrected chi connectivity index (χ1v) is 14.9. The van der Waals surface area contributed by atoms with Crippen LogP contribution in [0.5, 0.6) is 0 Å². The van der Waals surface area contributed by atoms with Gasteiger partial charge in [0.05, 0.1) is 30.2 Å². The molecule has 3 aromatic rings. The van der Waals surface area contributed by atoms with Crippen LogP contribution in [-0.2, 0) is 19.1 Å².